The van der Waals surface area contributed by atoms with Gasteiger partial charge in [-0.05, 0) is 18.4 Å². The maximum Gasteiger partial charge on any atom is 0.107 e. The number of unbranched alkanes of at least 4 members (excludes halogenated alkanes) is 1. The van der Waals surface area contributed by atoms with E-state index in [4.69, 9.17) is 0 Å². The molecule has 0 aliphatic heterocycles. The van der Waals surface area contributed by atoms with Crippen LogP contribution in [0.5, 0.6) is 0 Å². The average Bonchev–Trinajstić information content (AvgIpc) is 2.31. The fourth-order valence-electron chi connectivity index (χ4n) is 1.53. The molecule has 1 aromatic rings. The van der Waals surface area contributed by atoms with Crippen LogP contribution in [0.4, 0.5) is 0 Å². The molecule has 15 heavy (non-hydrogen) atoms. The molecule has 1 heteroatoms. The van der Waals surface area contributed by atoms with Crippen LogP contribution in [0.3, 0.4) is 0 Å². The smallest absolute Gasteiger partial charge is 0.107 e. The molecule has 80 valence electrons. The SMILES string of the molecule is C=C=C(CCCC)C(O)c1ccccc1. The second-order valence-corrected chi connectivity index (χ2v) is 3.62. The van der Waals surface area contributed by atoms with Crippen molar-refractivity contribution in [1.29, 1.82) is 0 Å². The molecule has 0 aliphatic rings. The lowest BCUT2D eigenvalue weighted by Gasteiger charge is -2.13. The highest BCUT2D eigenvalue weighted by Crippen LogP contribution is 2.24. The minimum absolute atomic E-state index is 0.546. The molecule has 0 amide bonds. The van der Waals surface area contributed by atoms with E-state index in [0.29, 0.717) is 0 Å². The van der Waals surface area contributed by atoms with Crippen molar-refractivity contribution in [3.8, 4) is 0 Å². The largest absolute Gasteiger partial charge is 0.383 e. The summed E-state index contributed by atoms with van der Waals surface area (Å²) in [6.07, 6.45) is 2.51. The molecule has 0 radical (unpaired) electrons. The molecular weight excluding hydrogens is 184 g/mol. The van der Waals surface area contributed by atoms with Crippen LogP contribution in [0, 0.1) is 0 Å². The van der Waals surface area contributed by atoms with Gasteiger partial charge in [0.05, 0.1) is 0 Å². The van der Waals surface area contributed by atoms with Crippen molar-refractivity contribution in [2.24, 2.45) is 0 Å². The zero-order valence-electron chi connectivity index (χ0n) is 9.24. The number of benzene rings is 1. The van der Waals surface area contributed by atoms with E-state index in [1.165, 1.54) is 0 Å². The minimum atomic E-state index is -0.546. The molecule has 0 heterocycles. The first-order valence-corrected chi connectivity index (χ1v) is 5.41. The van der Waals surface area contributed by atoms with Gasteiger partial charge in [-0.15, -0.1) is 5.73 Å². The van der Waals surface area contributed by atoms with Crippen molar-refractivity contribution < 1.29 is 5.11 Å². The highest BCUT2D eigenvalue weighted by molar-refractivity contribution is 5.25. The van der Waals surface area contributed by atoms with Crippen LogP contribution < -0.4 is 0 Å². The van der Waals surface area contributed by atoms with E-state index in [2.05, 4.69) is 19.2 Å². The molecule has 0 spiro atoms. The maximum atomic E-state index is 10.1. The number of aliphatic hydroxyl groups is 1. The van der Waals surface area contributed by atoms with E-state index >= 15 is 0 Å². The maximum absolute atomic E-state index is 10.1. The number of rotatable bonds is 5. The zero-order chi connectivity index (χ0) is 11.1. The van der Waals surface area contributed by atoms with Gasteiger partial charge in [0.15, 0.2) is 0 Å². The third kappa shape index (κ3) is 3.39. The van der Waals surface area contributed by atoms with Crippen LogP contribution in [-0.2, 0) is 0 Å². The Bertz CT molecular complexity index is 334. The first-order chi connectivity index (χ1) is 7.29. The van der Waals surface area contributed by atoms with Gasteiger partial charge in [0, 0.05) is 5.57 Å². The van der Waals surface area contributed by atoms with Crippen LogP contribution >= 0.6 is 0 Å². The Hall–Kier alpha value is -1.30. The third-order valence-electron chi connectivity index (χ3n) is 2.47. The first-order valence-electron chi connectivity index (χ1n) is 5.41. The van der Waals surface area contributed by atoms with Crippen molar-refractivity contribution in [3.05, 3.63) is 53.8 Å². The van der Waals surface area contributed by atoms with Crippen molar-refractivity contribution in [3.63, 3.8) is 0 Å². The summed E-state index contributed by atoms with van der Waals surface area (Å²) in [5.41, 5.74) is 4.66. The van der Waals surface area contributed by atoms with E-state index in [1.54, 1.807) is 0 Å². The van der Waals surface area contributed by atoms with Crippen molar-refractivity contribution in [2.75, 3.05) is 0 Å². The summed E-state index contributed by atoms with van der Waals surface area (Å²) in [6.45, 7) is 5.77. The Morgan fingerprint density at radius 1 is 1.40 bits per heavy atom. The zero-order valence-corrected chi connectivity index (χ0v) is 9.24. The van der Waals surface area contributed by atoms with Gasteiger partial charge in [0.25, 0.3) is 0 Å². The Morgan fingerprint density at radius 3 is 2.60 bits per heavy atom. The van der Waals surface area contributed by atoms with E-state index in [9.17, 15) is 5.11 Å². The van der Waals surface area contributed by atoms with Gasteiger partial charge in [0.2, 0.25) is 0 Å². The summed E-state index contributed by atoms with van der Waals surface area (Å²) in [7, 11) is 0. The van der Waals surface area contributed by atoms with Crippen molar-refractivity contribution in [2.45, 2.75) is 32.3 Å². The molecule has 0 aliphatic carbocycles. The Balaban J connectivity index is 2.74. The molecule has 1 aromatic carbocycles. The van der Waals surface area contributed by atoms with Crippen LogP contribution in [0.2, 0.25) is 0 Å². The molecule has 1 atom stereocenters. The first kappa shape index (κ1) is 11.8. The molecule has 0 saturated heterocycles. The number of aliphatic hydroxyl groups excluding tert-OH is 1. The Labute approximate surface area is 91.8 Å². The monoisotopic (exact) mass is 202 g/mol. The lowest BCUT2D eigenvalue weighted by atomic mass is 9.98. The van der Waals surface area contributed by atoms with Gasteiger partial charge in [-0.2, -0.15) is 0 Å². The lowest BCUT2D eigenvalue weighted by molar-refractivity contribution is 0.211. The molecule has 0 saturated carbocycles. The normalized spacial score (nSPS) is 11.9. The van der Waals surface area contributed by atoms with Crippen LogP contribution in [0.15, 0.2) is 48.2 Å². The van der Waals surface area contributed by atoms with Crippen molar-refractivity contribution in [1.82, 2.24) is 0 Å². The predicted molar refractivity (Wildman–Crippen MR) is 63.6 cm³/mol. The summed E-state index contributed by atoms with van der Waals surface area (Å²) in [4.78, 5) is 0. The van der Waals surface area contributed by atoms with Gasteiger partial charge in [-0.1, -0.05) is 50.3 Å². The molecule has 1 nitrogen and oxygen atoms in total. The third-order valence-corrected chi connectivity index (χ3v) is 2.47. The van der Waals surface area contributed by atoms with E-state index in [1.807, 2.05) is 30.3 Å². The van der Waals surface area contributed by atoms with Crippen LogP contribution in [0.1, 0.15) is 37.9 Å². The summed E-state index contributed by atoms with van der Waals surface area (Å²) >= 11 is 0. The van der Waals surface area contributed by atoms with E-state index in [-0.39, 0.29) is 0 Å². The topological polar surface area (TPSA) is 20.2 Å². The van der Waals surface area contributed by atoms with Gasteiger partial charge in [-0.25, -0.2) is 0 Å². The molecule has 0 bridgehead atoms. The number of hydrogen-bond donors (Lipinski definition) is 1. The molecule has 0 aromatic heterocycles. The van der Waals surface area contributed by atoms with Gasteiger partial charge < -0.3 is 5.11 Å². The van der Waals surface area contributed by atoms with E-state index < -0.39 is 6.10 Å². The highest BCUT2D eigenvalue weighted by atomic mass is 16.3. The van der Waals surface area contributed by atoms with Gasteiger partial charge in [0.1, 0.15) is 6.10 Å². The van der Waals surface area contributed by atoms with Crippen LogP contribution in [-0.4, -0.2) is 5.11 Å². The minimum Gasteiger partial charge on any atom is -0.383 e. The highest BCUT2D eigenvalue weighted by Gasteiger charge is 2.11. The Morgan fingerprint density at radius 2 is 2.07 bits per heavy atom. The average molecular weight is 202 g/mol. The van der Waals surface area contributed by atoms with Crippen LogP contribution in [0.25, 0.3) is 0 Å². The summed E-state index contributed by atoms with van der Waals surface area (Å²) in [5.74, 6) is 0. The predicted octanol–water partition coefficient (Wildman–Crippen LogP) is 3.62. The number of hydrogen-bond acceptors (Lipinski definition) is 1. The standard InChI is InChI=1S/C14H18O/c1-3-5-9-12(4-2)14(15)13-10-7-6-8-11-13/h6-8,10-11,14-15H,2-3,5,9H2,1H3. The second-order valence-electron chi connectivity index (χ2n) is 3.62. The molecular formula is C14H18O. The van der Waals surface area contributed by atoms with E-state index in [0.717, 1.165) is 30.4 Å². The molecule has 1 N–H and O–H groups in total. The quantitative estimate of drug-likeness (QED) is 0.723. The molecule has 0 fully saturated rings. The summed E-state index contributed by atoms with van der Waals surface area (Å²) in [6, 6.07) is 9.65. The fraction of sp³-hybridized carbons (Fsp3) is 0.357. The van der Waals surface area contributed by atoms with Crippen molar-refractivity contribution >= 4 is 0 Å². The molecule has 1 rings (SSSR count). The lowest BCUT2D eigenvalue weighted by Crippen LogP contribution is -2.00. The summed E-state index contributed by atoms with van der Waals surface area (Å²) < 4.78 is 0. The summed E-state index contributed by atoms with van der Waals surface area (Å²) in [5, 5.41) is 10.1. The van der Waals surface area contributed by atoms with Gasteiger partial charge >= 0.3 is 0 Å². The fourth-order valence-corrected chi connectivity index (χ4v) is 1.53. The van der Waals surface area contributed by atoms with Gasteiger partial charge in [-0.3, -0.25) is 0 Å². The second kappa shape index (κ2) is 6.23. The molecule has 1 unspecified atom stereocenters. The Kier molecular flexibility index (Phi) is 4.89.